The van der Waals surface area contributed by atoms with Crippen LogP contribution in [0.3, 0.4) is 0 Å². The summed E-state index contributed by atoms with van der Waals surface area (Å²) in [5, 5.41) is 1.13. The predicted octanol–water partition coefficient (Wildman–Crippen LogP) is 3.88. The fraction of sp³-hybridized carbons (Fsp3) is 0.400. The number of carbonyl (C=O) groups is 1. The van der Waals surface area contributed by atoms with Gasteiger partial charge in [0, 0.05) is 43.6 Å². The van der Waals surface area contributed by atoms with Crippen molar-refractivity contribution in [1.29, 1.82) is 0 Å². The summed E-state index contributed by atoms with van der Waals surface area (Å²) in [6.45, 7) is 2.12. The van der Waals surface area contributed by atoms with E-state index in [2.05, 4.69) is 41.3 Å². The summed E-state index contributed by atoms with van der Waals surface area (Å²) in [5.41, 5.74) is 4.89. The van der Waals surface area contributed by atoms with E-state index in [4.69, 9.17) is 0 Å². The molecule has 2 heterocycles. The maximum absolute atomic E-state index is 13.3. The summed E-state index contributed by atoms with van der Waals surface area (Å²) in [7, 11) is 3.98. The van der Waals surface area contributed by atoms with E-state index in [1.165, 1.54) is 11.1 Å². The zero-order chi connectivity index (χ0) is 20.0. The molecule has 0 saturated carbocycles. The fourth-order valence-electron chi connectivity index (χ4n) is 5.27. The van der Waals surface area contributed by atoms with Gasteiger partial charge in [-0.2, -0.15) is 0 Å². The molecule has 1 aliphatic carbocycles. The average Bonchev–Trinajstić information content (AvgIpc) is 3.34. The molecule has 150 valence electrons. The first kappa shape index (κ1) is 18.4. The Labute approximate surface area is 172 Å². The van der Waals surface area contributed by atoms with Gasteiger partial charge in [-0.25, -0.2) is 0 Å². The van der Waals surface area contributed by atoms with Crippen LogP contribution in [-0.2, 0) is 19.9 Å². The van der Waals surface area contributed by atoms with Gasteiger partial charge in [0.2, 0.25) is 0 Å². The number of amides is 1. The molecule has 1 saturated heterocycles. The summed E-state index contributed by atoms with van der Waals surface area (Å²) in [6, 6.07) is 19.9. The van der Waals surface area contributed by atoms with Gasteiger partial charge in [0.15, 0.2) is 0 Å². The Morgan fingerprint density at radius 3 is 2.45 bits per heavy atom. The number of hydrogen-bond donors (Lipinski definition) is 0. The molecule has 2 aliphatic rings. The van der Waals surface area contributed by atoms with Crippen LogP contribution in [0, 0.1) is 0 Å². The standard InChI is InChI=1S/C25H29N3O/c1-26(25(29)24-16-20-10-5-6-12-23(20)27(24)2)21-11-7-13-28(17-21)22-14-18-8-3-4-9-19(18)15-22/h3-6,8-10,12,16,21-22H,7,11,13-15,17H2,1-2H3. The molecule has 1 atom stereocenters. The second-order valence-electron chi connectivity index (χ2n) is 8.69. The Morgan fingerprint density at radius 2 is 1.72 bits per heavy atom. The van der Waals surface area contributed by atoms with Crippen molar-refractivity contribution in [3.63, 3.8) is 0 Å². The number of aromatic nitrogens is 1. The molecule has 4 nitrogen and oxygen atoms in total. The van der Waals surface area contributed by atoms with Crippen LogP contribution in [0.15, 0.2) is 54.6 Å². The highest BCUT2D eigenvalue weighted by Crippen LogP contribution is 2.29. The number of aryl methyl sites for hydroxylation is 1. The summed E-state index contributed by atoms with van der Waals surface area (Å²) >= 11 is 0. The third-order valence-electron chi connectivity index (χ3n) is 7.01. The van der Waals surface area contributed by atoms with Crippen LogP contribution >= 0.6 is 0 Å². The van der Waals surface area contributed by atoms with Gasteiger partial charge in [0.1, 0.15) is 5.69 Å². The van der Waals surface area contributed by atoms with Crippen LogP contribution in [0.5, 0.6) is 0 Å². The molecule has 4 heteroatoms. The van der Waals surface area contributed by atoms with E-state index in [1.807, 2.05) is 41.8 Å². The average molecular weight is 388 g/mol. The first-order chi connectivity index (χ1) is 14.1. The highest BCUT2D eigenvalue weighted by Gasteiger charge is 2.33. The maximum atomic E-state index is 13.3. The van der Waals surface area contributed by atoms with Crippen molar-refractivity contribution in [3.05, 3.63) is 71.4 Å². The van der Waals surface area contributed by atoms with Crippen molar-refractivity contribution < 1.29 is 4.79 Å². The van der Waals surface area contributed by atoms with Gasteiger partial charge >= 0.3 is 0 Å². The second kappa shape index (κ2) is 7.34. The van der Waals surface area contributed by atoms with Crippen molar-refractivity contribution in [2.24, 2.45) is 7.05 Å². The van der Waals surface area contributed by atoms with Crippen LogP contribution in [0.2, 0.25) is 0 Å². The predicted molar refractivity (Wildman–Crippen MR) is 117 cm³/mol. The van der Waals surface area contributed by atoms with E-state index in [0.29, 0.717) is 6.04 Å². The molecule has 29 heavy (non-hydrogen) atoms. The molecule has 2 aromatic carbocycles. The molecule has 1 fully saturated rings. The number of likely N-dealkylation sites (tertiary alicyclic amines) is 1. The Balaban J connectivity index is 1.31. The number of fused-ring (bicyclic) bond motifs is 2. The Hall–Kier alpha value is -2.59. The highest BCUT2D eigenvalue weighted by molar-refractivity contribution is 5.98. The van der Waals surface area contributed by atoms with Crippen LogP contribution < -0.4 is 0 Å². The molecular weight excluding hydrogens is 358 g/mol. The number of piperidine rings is 1. The normalized spacial score (nSPS) is 20.1. The van der Waals surface area contributed by atoms with Crippen LogP contribution in [-0.4, -0.2) is 52.5 Å². The van der Waals surface area contributed by atoms with Crippen LogP contribution in [0.1, 0.15) is 34.5 Å². The minimum atomic E-state index is 0.130. The Kier molecular flexibility index (Phi) is 4.67. The van der Waals surface area contributed by atoms with E-state index in [9.17, 15) is 4.79 Å². The van der Waals surface area contributed by atoms with Gasteiger partial charge in [0.05, 0.1) is 0 Å². The highest BCUT2D eigenvalue weighted by atomic mass is 16.2. The third-order valence-corrected chi connectivity index (χ3v) is 7.01. The number of nitrogens with zero attached hydrogens (tertiary/aromatic N) is 3. The number of rotatable bonds is 3. The first-order valence-corrected chi connectivity index (χ1v) is 10.7. The molecule has 0 spiro atoms. The smallest absolute Gasteiger partial charge is 0.270 e. The number of benzene rings is 2. The molecule has 1 aromatic heterocycles. The van der Waals surface area contributed by atoms with Gasteiger partial charge in [0.25, 0.3) is 5.91 Å². The molecule has 1 amide bonds. The Morgan fingerprint density at radius 1 is 1.03 bits per heavy atom. The van der Waals surface area contributed by atoms with Gasteiger partial charge in [-0.05, 0) is 55.5 Å². The minimum absolute atomic E-state index is 0.130. The lowest BCUT2D eigenvalue weighted by atomic mass is 10.0. The van der Waals surface area contributed by atoms with Crippen LogP contribution in [0.25, 0.3) is 10.9 Å². The summed E-state index contributed by atoms with van der Waals surface area (Å²) < 4.78 is 2.03. The van der Waals surface area contributed by atoms with Gasteiger partial charge < -0.3 is 9.47 Å². The molecule has 0 N–H and O–H groups in total. The molecule has 1 aliphatic heterocycles. The SMILES string of the molecule is CN(C(=O)c1cc2ccccc2n1C)C1CCCN(C2Cc3ccccc3C2)C1. The minimum Gasteiger partial charge on any atom is -0.340 e. The van der Waals surface area contributed by atoms with Gasteiger partial charge in [-0.1, -0.05) is 42.5 Å². The summed E-state index contributed by atoms with van der Waals surface area (Å²) in [5.74, 6) is 0.130. The fourth-order valence-corrected chi connectivity index (χ4v) is 5.27. The van der Waals surface area contributed by atoms with E-state index in [1.54, 1.807) is 0 Å². The van der Waals surface area contributed by atoms with E-state index in [0.717, 1.165) is 55.4 Å². The lowest BCUT2D eigenvalue weighted by molar-refractivity contribution is 0.0547. The number of hydrogen-bond acceptors (Lipinski definition) is 2. The van der Waals surface area contributed by atoms with E-state index < -0.39 is 0 Å². The van der Waals surface area contributed by atoms with Crippen molar-refractivity contribution in [1.82, 2.24) is 14.4 Å². The monoisotopic (exact) mass is 387 g/mol. The number of carbonyl (C=O) groups excluding carboxylic acids is 1. The summed E-state index contributed by atoms with van der Waals surface area (Å²) in [6.07, 6.45) is 4.53. The molecule has 0 radical (unpaired) electrons. The van der Waals surface area contributed by atoms with Gasteiger partial charge in [-0.15, -0.1) is 0 Å². The Bertz CT molecular complexity index is 1030. The second-order valence-corrected chi connectivity index (χ2v) is 8.69. The lowest BCUT2D eigenvalue weighted by Gasteiger charge is -2.40. The molecule has 3 aromatic rings. The maximum Gasteiger partial charge on any atom is 0.270 e. The zero-order valence-corrected chi connectivity index (χ0v) is 17.3. The first-order valence-electron chi connectivity index (χ1n) is 10.7. The van der Waals surface area contributed by atoms with Crippen molar-refractivity contribution >= 4 is 16.8 Å². The molecule has 0 bridgehead atoms. The quantitative estimate of drug-likeness (QED) is 0.682. The lowest BCUT2D eigenvalue weighted by Crippen LogP contribution is -2.52. The molecular formula is C25H29N3O. The topological polar surface area (TPSA) is 28.5 Å². The zero-order valence-electron chi connectivity index (χ0n) is 17.3. The van der Waals surface area contributed by atoms with Crippen molar-refractivity contribution in [3.8, 4) is 0 Å². The third kappa shape index (κ3) is 3.25. The van der Waals surface area contributed by atoms with Crippen molar-refractivity contribution in [2.45, 2.75) is 37.8 Å². The van der Waals surface area contributed by atoms with E-state index in [-0.39, 0.29) is 11.9 Å². The van der Waals surface area contributed by atoms with Crippen molar-refractivity contribution in [2.75, 3.05) is 20.1 Å². The largest absolute Gasteiger partial charge is 0.340 e. The summed E-state index contributed by atoms with van der Waals surface area (Å²) in [4.78, 5) is 17.9. The molecule has 1 unspecified atom stereocenters. The number of para-hydroxylation sites is 1. The number of likely N-dealkylation sites (N-methyl/N-ethyl adjacent to an activating group) is 1. The molecule has 5 rings (SSSR count). The van der Waals surface area contributed by atoms with Gasteiger partial charge in [-0.3, -0.25) is 9.69 Å². The van der Waals surface area contributed by atoms with E-state index >= 15 is 0 Å². The van der Waals surface area contributed by atoms with Crippen LogP contribution in [0.4, 0.5) is 0 Å².